The normalized spacial score (nSPS) is 12.6. The van der Waals surface area contributed by atoms with E-state index in [1.165, 1.54) is 44.5 Å². The Hall–Kier alpha value is -4.29. The third-order valence-corrected chi connectivity index (χ3v) is 6.69. The van der Waals surface area contributed by atoms with Crippen LogP contribution in [-0.2, 0) is 11.2 Å². The average Bonchev–Trinajstić information content (AvgIpc) is 3.40. The van der Waals surface area contributed by atoms with Crippen molar-refractivity contribution >= 4 is 6.09 Å². The Morgan fingerprint density at radius 2 is 1.44 bits per heavy atom. The van der Waals surface area contributed by atoms with Crippen LogP contribution < -0.4 is 5.32 Å². The van der Waals surface area contributed by atoms with Gasteiger partial charge >= 0.3 is 6.09 Å². The summed E-state index contributed by atoms with van der Waals surface area (Å²) in [6.07, 6.45) is 0.500. The molecule has 4 aromatic rings. The predicted molar refractivity (Wildman–Crippen MR) is 135 cm³/mol. The molecular formula is C31H23NO2. The summed E-state index contributed by atoms with van der Waals surface area (Å²) in [5, 5.41) is 2.76. The van der Waals surface area contributed by atoms with Crippen LogP contribution in [0.4, 0.5) is 4.79 Å². The van der Waals surface area contributed by atoms with E-state index in [0.717, 1.165) is 12.0 Å². The molecule has 2 aliphatic carbocycles. The summed E-state index contributed by atoms with van der Waals surface area (Å²) >= 11 is 0. The number of fused-ring (bicyclic) bond motifs is 6. The molecule has 0 aliphatic heterocycles. The first-order valence-electron chi connectivity index (χ1n) is 11.6. The summed E-state index contributed by atoms with van der Waals surface area (Å²) in [5.74, 6) is 6.26. The highest BCUT2D eigenvalue weighted by Crippen LogP contribution is 2.44. The molecule has 0 spiro atoms. The van der Waals surface area contributed by atoms with Crippen molar-refractivity contribution in [1.82, 2.24) is 5.32 Å². The zero-order valence-electron chi connectivity index (χ0n) is 18.7. The van der Waals surface area contributed by atoms with E-state index in [2.05, 4.69) is 77.8 Å². The molecule has 0 aromatic heterocycles. The maximum atomic E-state index is 12.3. The molecule has 6 rings (SSSR count). The summed E-state index contributed by atoms with van der Waals surface area (Å²) in [6.45, 7) is 0.548. The van der Waals surface area contributed by atoms with E-state index in [0.29, 0.717) is 6.61 Å². The smallest absolute Gasteiger partial charge is 0.407 e. The minimum atomic E-state index is -0.444. The Labute approximate surface area is 199 Å². The van der Waals surface area contributed by atoms with Crippen LogP contribution in [0.25, 0.3) is 22.3 Å². The number of carbonyl (C=O) groups excluding carboxylic acids is 1. The molecule has 0 saturated heterocycles. The first-order chi connectivity index (χ1) is 16.8. The number of amides is 1. The third kappa shape index (κ3) is 3.64. The highest BCUT2D eigenvalue weighted by molar-refractivity contribution is 5.79. The zero-order valence-corrected chi connectivity index (χ0v) is 18.7. The first-order valence-corrected chi connectivity index (χ1v) is 11.6. The van der Waals surface area contributed by atoms with Gasteiger partial charge in [0.25, 0.3) is 0 Å². The summed E-state index contributed by atoms with van der Waals surface area (Å²) in [4.78, 5) is 12.3. The molecule has 2 aliphatic rings. The number of nitrogens with one attached hydrogen (secondary N) is 1. The molecule has 0 bridgehead atoms. The van der Waals surface area contributed by atoms with Gasteiger partial charge in [-0.15, -0.1) is 0 Å². The largest absolute Gasteiger partial charge is 0.449 e. The van der Waals surface area contributed by atoms with Crippen molar-refractivity contribution in [1.29, 1.82) is 0 Å². The lowest BCUT2D eigenvalue weighted by Crippen LogP contribution is -2.26. The molecule has 0 fully saturated rings. The van der Waals surface area contributed by atoms with E-state index in [9.17, 15) is 4.79 Å². The molecule has 0 heterocycles. The molecule has 3 nitrogen and oxygen atoms in total. The van der Waals surface area contributed by atoms with Gasteiger partial charge in [-0.05, 0) is 63.1 Å². The molecule has 164 valence electrons. The molecule has 3 heteroatoms. The monoisotopic (exact) mass is 441 g/mol. The minimum absolute atomic E-state index is 0.0553. The molecule has 1 N–H and O–H groups in total. The van der Waals surface area contributed by atoms with Gasteiger partial charge in [0.2, 0.25) is 0 Å². The van der Waals surface area contributed by atoms with E-state index >= 15 is 0 Å². The van der Waals surface area contributed by atoms with Gasteiger partial charge in [0.15, 0.2) is 0 Å². The second-order valence-corrected chi connectivity index (χ2v) is 8.69. The van der Waals surface area contributed by atoms with Crippen LogP contribution in [-0.4, -0.2) is 19.2 Å². The number of benzene rings is 4. The molecule has 0 atom stereocenters. The van der Waals surface area contributed by atoms with Crippen LogP contribution in [0.1, 0.15) is 33.7 Å². The standard InChI is InChI=1S/C31H23NO2/c33-31(34-20-30-28-13-5-3-11-26(28)27-12-4-6-14-29(27)30)32-17-7-8-21-15-16-25-23(18-21)19-22-9-1-2-10-24(22)25/h1-6,9-16,18,30H,17,19-20H2,(H,32,33). The third-order valence-electron chi connectivity index (χ3n) is 6.69. The van der Waals surface area contributed by atoms with Crippen LogP contribution in [0.2, 0.25) is 0 Å². The van der Waals surface area contributed by atoms with Crippen LogP contribution in [0.3, 0.4) is 0 Å². The first kappa shape index (κ1) is 20.3. The number of hydrogen-bond donors (Lipinski definition) is 1. The lowest BCUT2D eigenvalue weighted by atomic mass is 9.98. The van der Waals surface area contributed by atoms with Crippen molar-refractivity contribution in [2.75, 3.05) is 13.2 Å². The van der Waals surface area contributed by atoms with Gasteiger partial charge < -0.3 is 10.1 Å². The van der Waals surface area contributed by atoms with Crippen molar-refractivity contribution < 1.29 is 9.53 Å². The Morgan fingerprint density at radius 3 is 2.21 bits per heavy atom. The molecular weight excluding hydrogens is 418 g/mol. The van der Waals surface area contributed by atoms with E-state index in [1.807, 2.05) is 30.3 Å². The van der Waals surface area contributed by atoms with Gasteiger partial charge in [0, 0.05) is 11.5 Å². The van der Waals surface area contributed by atoms with E-state index in [4.69, 9.17) is 4.74 Å². The lowest BCUT2D eigenvalue weighted by molar-refractivity contribution is 0.144. The number of alkyl carbamates (subject to hydrolysis) is 1. The summed E-state index contributed by atoms with van der Waals surface area (Å²) in [7, 11) is 0. The van der Waals surface area contributed by atoms with Gasteiger partial charge in [-0.1, -0.05) is 90.7 Å². The number of ether oxygens (including phenoxy) is 1. The van der Waals surface area contributed by atoms with Crippen molar-refractivity contribution in [2.45, 2.75) is 12.3 Å². The van der Waals surface area contributed by atoms with Crippen LogP contribution in [0, 0.1) is 11.8 Å². The van der Waals surface area contributed by atoms with Crippen LogP contribution in [0.5, 0.6) is 0 Å². The number of rotatable bonds is 3. The summed E-state index contributed by atoms with van der Waals surface area (Å²) < 4.78 is 5.57. The maximum absolute atomic E-state index is 12.3. The predicted octanol–water partition coefficient (Wildman–Crippen LogP) is 6.15. The fraction of sp³-hybridized carbons (Fsp3) is 0.129. The van der Waals surface area contributed by atoms with Gasteiger partial charge in [-0.3, -0.25) is 0 Å². The summed E-state index contributed by atoms with van der Waals surface area (Å²) in [6, 6.07) is 31.5. The van der Waals surface area contributed by atoms with E-state index in [1.54, 1.807) is 0 Å². The zero-order chi connectivity index (χ0) is 22.9. The minimum Gasteiger partial charge on any atom is -0.449 e. The van der Waals surface area contributed by atoms with Crippen LogP contribution in [0.15, 0.2) is 91.0 Å². The average molecular weight is 442 g/mol. The second-order valence-electron chi connectivity index (χ2n) is 8.69. The highest BCUT2D eigenvalue weighted by atomic mass is 16.5. The molecule has 1 amide bonds. The molecule has 34 heavy (non-hydrogen) atoms. The fourth-order valence-corrected chi connectivity index (χ4v) is 5.13. The second kappa shape index (κ2) is 8.57. The lowest BCUT2D eigenvalue weighted by Gasteiger charge is -2.14. The van der Waals surface area contributed by atoms with Gasteiger partial charge in [-0.25, -0.2) is 4.79 Å². The van der Waals surface area contributed by atoms with Crippen molar-refractivity contribution in [3.63, 3.8) is 0 Å². The highest BCUT2D eigenvalue weighted by Gasteiger charge is 2.28. The molecule has 0 radical (unpaired) electrons. The topological polar surface area (TPSA) is 38.3 Å². The molecule has 0 unspecified atom stereocenters. The Kier molecular flexibility index (Phi) is 5.13. The Bertz CT molecular complexity index is 1430. The number of hydrogen-bond acceptors (Lipinski definition) is 2. The van der Waals surface area contributed by atoms with Crippen molar-refractivity contribution in [3.05, 3.63) is 119 Å². The SMILES string of the molecule is O=C(NCC#Cc1ccc2c(c1)Cc1ccccc1-2)OCC1c2ccccc2-c2ccccc21. The van der Waals surface area contributed by atoms with Gasteiger partial charge in [0.1, 0.15) is 6.61 Å². The van der Waals surface area contributed by atoms with E-state index < -0.39 is 6.09 Å². The molecule has 4 aromatic carbocycles. The van der Waals surface area contributed by atoms with Crippen LogP contribution >= 0.6 is 0 Å². The molecule has 0 saturated carbocycles. The van der Waals surface area contributed by atoms with Gasteiger partial charge in [0.05, 0.1) is 6.54 Å². The summed E-state index contributed by atoms with van der Waals surface area (Å²) in [5.41, 5.74) is 11.1. The Morgan fingerprint density at radius 1 is 0.794 bits per heavy atom. The van der Waals surface area contributed by atoms with E-state index in [-0.39, 0.29) is 12.5 Å². The number of carbonyl (C=O) groups is 1. The quantitative estimate of drug-likeness (QED) is 0.341. The Balaban J connectivity index is 1.06. The maximum Gasteiger partial charge on any atom is 0.407 e. The van der Waals surface area contributed by atoms with Crippen molar-refractivity contribution in [2.24, 2.45) is 0 Å². The van der Waals surface area contributed by atoms with Crippen molar-refractivity contribution in [3.8, 4) is 34.1 Å². The van der Waals surface area contributed by atoms with Gasteiger partial charge in [-0.2, -0.15) is 0 Å². The fourth-order valence-electron chi connectivity index (χ4n) is 5.13.